The maximum atomic E-state index is 13.2. The Morgan fingerprint density at radius 1 is 1.07 bits per heavy atom. The Morgan fingerprint density at radius 3 is 2.25 bits per heavy atom. The Bertz CT molecular complexity index is 1070. The van der Waals surface area contributed by atoms with Gasteiger partial charge in [-0.3, -0.25) is 15.4 Å². The number of methoxy groups -OCH3 is 1. The Labute approximate surface area is 161 Å². The molecule has 146 valence electrons. The third-order valence-corrected chi connectivity index (χ3v) is 3.27. The number of hydrogen-bond donors (Lipinski definition) is 3. The lowest BCUT2D eigenvalue weighted by Gasteiger charge is -2.01. The summed E-state index contributed by atoms with van der Waals surface area (Å²) in [5.74, 6) is -0.817. The van der Waals surface area contributed by atoms with Gasteiger partial charge in [-0.1, -0.05) is 11.6 Å². The van der Waals surface area contributed by atoms with E-state index >= 15 is 0 Å². The fourth-order valence-electron chi connectivity index (χ4n) is 1.68. The average molecular weight is 411 g/mol. The summed E-state index contributed by atoms with van der Waals surface area (Å²) in [7, 11) is 1.58. The monoisotopic (exact) mass is 410 g/mol. The zero-order chi connectivity index (χ0) is 20.5. The zero-order valence-electron chi connectivity index (χ0n) is 14.2. The smallest absolute Gasteiger partial charge is 0.346 e. The van der Waals surface area contributed by atoms with Crippen molar-refractivity contribution in [1.29, 1.82) is 0 Å². The highest BCUT2D eigenvalue weighted by molar-refractivity contribution is 6.29. The van der Waals surface area contributed by atoms with Gasteiger partial charge in [0.1, 0.15) is 10.9 Å². The standard InChI is InChI=1S/C12H11FN4O2.C4H2ClFN2O/c1-19-9-4-2-8(3-5-9)6-15-17-11-10(13)7-14-12(18)16-11;5-3-2(6)1-7-4(9)8-3/h2-7H,1H3,(H2,14,16,17,18);1H,(H,7,8,9)/b15-6+;. The SMILES string of the molecule is COc1ccc(/C=N/Nc2[nH]c(=O)ncc2F)cc1.O=c1ncc(F)c(Cl)[nH]1. The number of aromatic amines is 2. The van der Waals surface area contributed by atoms with E-state index in [1.807, 2.05) is 4.98 Å². The Kier molecular flexibility index (Phi) is 7.34. The Hall–Kier alpha value is -3.60. The van der Waals surface area contributed by atoms with Gasteiger partial charge in [-0.25, -0.2) is 18.4 Å². The van der Waals surface area contributed by atoms with E-state index in [4.69, 9.17) is 16.3 Å². The molecule has 0 radical (unpaired) electrons. The van der Waals surface area contributed by atoms with E-state index < -0.39 is 23.0 Å². The molecule has 0 aliphatic rings. The maximum absolute atomic E-state index is 13.2. The number of H-pyrrole nitrogens is 2. The van der Waals surface area contributed by atoms with Crippen molar-refractivity contribution in [1.82, 2.24) is 19.9 Å². The van der Waals surface area contributed by atoms with Crippen molar-refractivity contribution in [2.75, 3.05) is 12.5 Å². The summed E-state index contributed by atoms with van der Waals surface area (Å²) < 4.78 is 30.4. The third kappa shape index (κ3) is 6.29. The molecule has 3 rings (SSSR count). The molecule has 0 fully saturated rings. The normalized spacial score (nSPS) is 10.3. The fourth-order valence-corrected chi connectivity index (χ4v) is 1.81. The molecule has 28 heavy (non-hydrogen) atoms. The zero-order valence-corrected chi connectivity index (χ0v) is 15.0. The van der Waals surface area contributed by atoms with Crippen LogP contribution in [0.4, 0.5) is 14.6 Å². The number of aromatic nitrogens is 4. The Morgan fingerprint density at radius 2 is 1.68 bits per heavy atom. The minimum atomic E-state index is -0.726. The highest BCUT2D eigenvalue weighted by atomic mass is 35.5. The van der Waals surface area contributed by atoms with Gasteiger partial charge in [0, 0.05) is 0 Å². The number of anilines is 1. The first-order valence-corrected chi connectivity index (χ1v) is 7.85. The molecule has 3 N–H and O–H groups in total. The van der Waals surface area contributed by atoms with Crippen LogP contribution in [0.3, 0.4) is 0 Å². The quantitative estimate of drug-likeness (QED) is 0.343. The van der Waals surface area contributed by atoms with Crippen molar-refractivity contribution in [2.45, 2.75) is 0 Å². The van der Waals surface area contributed by atoms with Crippen LogP contribution in [0.15, 0.2) is 51.3 Å². The first-order chi connectivity index (χ1) is 13.4. The molecule has 0 saturated carbocycles. The molecule has 0 aliphatic heterocycles. The second-order valence-corrected chi connectivity index (χ2v) is 5.28. The van der Waals surface area contributed by atoms with Crippen LogP contribution in [0.25, 0.3) is 0 Å². The van der Waals surface area contributed by atoms with Crippen molar-refractivity contribution in [3.8, 4) is 5.75 Å². The second-order valence-electron chi connectivity index (χ2n) is 4.90. The van der Waals surface area contributed by atoms with Gasteiger partial charge in [0.15, 0.2) is 17.5 Å². The molecule has 2 heterocycles. The largest absolute Gasteiger partial charge is 0.497 e. The maximum Gasteiger partial charge on any atom is 0.346 e. The lowest BCUT2D eigenvalue weighted by atomic mass is 10.2. The molecule has 0 aliphatic carbocycles. The molecule has 0 amide bonds. The third-order valence-electron chi connectivity index (χ3n) is 2.99. The van der Waals surface area contributed by atoms with Crippen molar-refractivity contribution in [3.05, 3.63) is 80.0 Å². The summed E-state index contributed by atoms with van der Waals surface area (Å²) in [4.78, 5) is 31.6. The van der Waals surface area contributed by atoms with Gasteiger partial charge in [0.25, 0.3) is 0 Å². The van der Waals surface area contributed by atoms with E-state index in [2.05, 4.69) is 25.5 Å². The summed E-state index contributed by atoms with van der Waals surface area (Å²) in [6.45, 7) is 0. The fraction of sp³-hybridized carbons (Fsp3) is 0.0625. The first-order valence-electron chi connectivity index (χ1n) is 7.47. The van der Waals surface area contributed by atoms with Crippen LogP contribution in [-0.2, 0) is 0 Å². The average Bonchev–Trinajstić information content (AvgIpc) is 2.69. The van der Waals surface area contributed by atoms with Gasteiger partial charge in [0.05, 0.1) is 25.7 Å². The molecule has 1 aromatic carbocycles. The molecule has 0 spiro atoms. The molecule has 0 unspecified atom stereocenters. The number of nitrogens with zero attached hydrogens (tertiary/aromatic N) is 3. The van der Waals surface area contributed by atoms with E-state index in [0.717, 1.165) is 23.7 Å². The molecule has 0 atom stereocenters. The second kappa shape index (κ2) is 9.92. The Balaban J connectivity index is 0.000000261. The number of benzene rings is 1. The van der Waals surface area contributed by atoms with E-state index in [9.17, 15) is 18.4 Å². The van der Waals surface area contributed by atoms with Gasteiger partial charge < -0.3 is 4.74 Å². The van der Waals surface area contributed by atoms with Gasteiger partial charge in [-0.2, -0.15) is 15.1 Å². The van der Waals surface area contributed by atoms with E-state index in [1.165, 1.54) is 6.21 Å². The summed E-state index contributed by atoms with van der Waals surface area (Å²) in [6, 6.07) is 7.12. The van der Waals surface area contributed by atoms with E-state index in [1.54, 1.807) is 31.4 Å². The summed E-state index contributed by atoms with van der Waals surface area (Å²) >= 11 is 5.14. The van der Waals surface area contributed by atoms with E-state index in [0.29, 0.717) is 0 Å². The predicted octanol–water partition coefficient (Wildman–Crippen LogP) is 1.93. The molecule has 0 bridgehead atoms. The first kappa shape index (κ1) is 20.7. The summed E-state index contributed by atoms with van der Waals surface area (Å²) in [5.41, 5.74) is 1.89. The number of nitrogens with one attached hydrogen (secondary N) is 3. The predicted molar refractivity (Wildman–Crippen MR) is 98.9 cm³/mol. The van der Waals surface area contributed by atoms with Crippen LogP contribution in [0, 0.1) is 11.6 Å². The van der Waals surface area contributed by atoms with Crippen LogP contribution in [0.2, 0.25) is 5.15 Å². The number of hydrazone groups is 1. The van der Waals surface area contributed by atoms with Crippen LogP contribution in [0.5, 0.6) is 5.75 Å². The van der Waals surface area contributed by atoms with Crippen molar-refractivity contribution in [3.63, 3.8) is 0 Å². The van der Waals surface area contributed by atoms with Crippen LogP contribution in [-0.4, -0.2) is 33.3 Å². The van der Waals surface area contributed by atoms with Crippen molar-refractivity contribution < 1.29 is 13.5 Å². The molecular weight excluding hydrogens is 398 g/mol. The van der Waals surface area contributed by atoms with Gasteiger partial charge >= 0.3 is 11.4 Å². The highest BCUT2D eigenvalue weighted by Gasteiger charge is 2.01. The minimum absolute atomic E-state index is 0.134. The topological polar surface area (TPSA) is 125 Å². The molecular formula is C16H13ClF2N6O3. The number of ether oxygens (including phenoxy) is 1. The van der Waals surface area contributed by atoms with Crippen LogP contribution >= 0.6 is 11.6 Å². The number of halogens is 3. The van der Waals surface area contributed by atoms with Gasteiger partial charge in [0.2, 0.25) is 0 Å². The lowest BCUT2D eigenvalue weighted by Crippen LogP contribution is -2.13. The van der Waals surface area contributed by atoms with Crippen LogP contribution < -0.4 is 21.5 Å². The van der Waals surface area contributed by atoms with Gasteiger partial charge in [-0.05, 0) is 29.8 Å². The molecule has 3 aromatic rings. The lowest BCUT2D eigenvalue weighted by molar-refractivity contribution is 0.415. The number of hydrogen-bond acceptors (Lipinski definition) is 7. The molecule has 0 saturated heterocycles. The van der Waals surface area contributed by atoms with Crippen molar-refractivity contribution in [2.24, 2.45) is 5.10 Å². The van der Waals surface area contributed by atoms with Gasteiger partial charge in [-0.15, -0.1) is 0 Å². The summed E-state index contributed by atoms with van der Waals surface area (Å²) in [5, 5.41) is 3.51. The molecule has 12 heteroatoms. The molecule has 2 aromatic heterocycles. The number of rotatable bonds is 4. The summed E-state index contributed by atoms with van der Waals surface area (Å²) in [6.07, 6.45) is 3.07. The minimum Gasteiger partial charge on any atom is -0.497 e. The van der Waals surface area contributed by atoms with Crippen molar-refractivity contribution >= 4 is 23.6 Å². The van der Waals surface area contributed by atoms with E-state index in [-0.39, 0.29) is 11.0 Å². The molecule has 9 nitrogen and oxygen atoms in total. The highest BCUT2D eigenvalue weighted by Crippen LogP contribution is 2.10. The van der Waals surface area contributed by atoms with Crippen LogP contribution in [0.1, 0.15) is 5.56 Å².